The predicted octanol–water partition coefficient (Wildman–Crippen LogP) is 1.84. The molecule has 1 aromatic carbocycles. The van der Waals surface area contributed by atoms with Gasteiger partial charge in [-0.3, -0.25) is 4.57 Å². The number of benzene rings is 1. The maximum absolute atomic E-state index is 12.0. The van der Waals surface area contributed by atoms with Crippen molar-refractivity contribution in [1.29, 1.82) is 0 Å². The Morgan fingerprint density at radius 3 is 2.50 bits per heavy atom. The molecule has 2 aromatic rings. The van der Waals surface area contributed by atoms with E-state index in [2.05, 4.69) is 16.1 Å². The van der Waals surface area contributed by atoms with E-state index in [4.69, 9.17) is 11.2 Å². The zero-order chi connectivity index (χ0) is 13.9. The van der Waals surface area contributed by atoms with Crippen LogP contribution >= 0.6 is 0 Å². The first-order valence-corrected chi connectivity index (χ1v) is 6.40. The highest BCUT2D eigenvalue weighted by Crippen LogP contribution is 2.34. The van der Waals surface area contributed by atoms with Crippen LogP contribution < -0.4 is 0 Å². The smallest absolute Gasteiger partial charge is 0.339 e. The molecule has 0 aliphatic heterocycles. The van der Waals surface area contributed by atoms with Gasteiger partial charge in [-0.15, -0.1) is 16.6 Å². The van der Waals surface area contributed by atoms with Crippen molar-refractivity contribution in [2.45, 2.75) is 18.9 Å². The molecule has 1 aromatic heterocycles. The molecule has 1 atom stereocenters. The van der Waals surface area contributed by atoms with Gasteiger partial charge in [0.15, 0.2) is 6.10 Å². The molecule has 1 fully saturated rings. The third-order valence-corrected chi connectivity index (χ3v) is 3.27. The van der Waals surface area contributed by atoms with Gasteiger partial charge >= 0.3 is 5.97 Å². The highest BCUT2D eigenvalue weighted by Gasteiger charge is 2.32. The van der Waals surface area contributed by atoms with Crippen LogP contribution in [0.1, 0.15) is 23.2 Å². The molecule has 1 saturated carbocycles. The van der Waals surface area contributed by atoms with Gasteiger partial charge in [0.05, 0.1) is 5.56 Å². The third-order valence-electron chi connectivity index (χ3n) is 3.27. The first-order valence-electron chi connectivity index (χ1n) is 6.40. The maximum atomic E-state index is 12.0. The second kappa shape index (κ2) is 5.17. The average molecular weight is 267 g/mol. The van der Waals surface area contributed by atoms with Crippen molar-refractivity contribution < 1.29 is 9.53 Å². The first-order chi connectivity index (χ1) is 9.78. The molecule has 20 heavy (non-hydrogen) atoms. The minimum atomic E-state index is -0.403. The minimum Gasteiger partial charge on any atom is -0.445 e. The highest BCUT2D eigenvalue weighted by molar-refractivity contribution is 5.89. The number of hydrogen-bond acceptors (Lipinski definition) is 4. The predicted molar refractivity (Wildman–Crippen MR) is 72.1 cm³/mol. The van der Waals surface area contributed by atoms with Gasteiger partial charge in [0, 0.05) is 11.6 Å². The fraction of sp³-hybridized carbons (Fsp3) is 0.267. The van der Waals surface area contributed by atoms with Crippen LogP contribution in [0.25, 0.3) is 5.69 Å². The van der Waals surface area contributed by atoms with Crippen LogP contribution in [0.4, 0.5) is 0 Å². The summed E-state index contributed by atoms with van der Waals surface area (Å²) in [5.41, 5.74) is 1.37. The molecule has 0 saturated heterocycles. The summed E-state index contributed by atoms with van der Waals surface area (Å²) in [5, 5.41) is 7.46. The molecule has 0 unspecified atom stereocenters. The van der Waals surface area contributed by atoms with Gasteiger partial charge in [0.1, 0.15) is 12.7 Å². The molecule has 5 nitrogen and oxygen atoms in total. The van der Waals surface area contributed by atoms with E-state index < -0.39 is 6.10 Å². The topological polar surface area (TPSA) is 57.0 Å². The summed E-state index contributed by atoms with van der Waals surface area (Å²) in [6.07, 6.45) is 10.2. The number of terminal acetylenes is 1. The van der Waals surface area contributed by atoms with Crippen LogP contribution in [0, 0.1) is 18.3 Å². The van der Waals surface area contributed by atoms with E-state index in [0.29, 0.717) is 11.5 Å². The van der Waals surface area contributed by atoms with Gasteiger partial charge in [-0.2, -0.15) is 0 Å². The number of nitrogens with zero attached hydrogens (tertiary/aromatic N) is 3. The number of hydrogen-bond donors (Lipinski definition) is 0. The lowest BCUT2D eigenvalue weighted by molar-refractivity contribution is 0.0374. The van der Waals surface area contributed by atoms with Gasteiger partial charge in [0.25, 0.3) is 0 Å². The number of carbonyl (C=O) groups is 1. The second-order valence-corrected chi connectivity index (χ2v) is 4.75. The molecule has 0 spiro atoms. The number of carbonyl (C=O) groups excluding carboxylic acids is 1. The Hall–Kier alpha value is -2.61. The largest absolute Gasteiger partial charge is 0.445 e. The van der Waals surface area contributed by atoms with Crippen molar-refractivity contribution in [2.75, 3.05) is 0 Å². The molecule has 1 aliphatic rings. The highest BCUT2D eigenvalue weighted by atomic mass is 16.5. The van der Waals surface area contributed by atoms with E-state index in [0.717, 1.165) is 18.5 Å². The van der Waals surface area contributed by atoms with Gasteiger partial charge in [-0.05, 0) is 37.1 Å². The molecular formula is C15H13N3O2. The lowest BCUT2D eigenvalue weighted by Gasteiger charge is -2.11. The van der Waals surface area contributed by atoms with Crippen LogP contribution in [0.2, 0.25) is 0 Å². The second-order valence-electron chi connectivity index (χ2n) is 4.75. The Bertz CT molecular complexity index is 637. The first kappa shape index (κ1) is 12.4. The molecule has 0 radical (unpaired) electrons. The zero-order valence-corrected chi connectivity index (χ0v) is 10.8. The third kappa shape index (κ3) is 2.54. The van der Waals surface area contributed by atoms with Crippen LogP contribution in [-0.2, 0) is 4.74 Å². The summed E-state index contributed by atoms with van der Waals surface area (Å²) in [4.78, 5) is 12.0. The summed E-state index contributed by atoms with van der Waals surface area (Å²) in [6, 6.07) is 7.03. The monoisotopic (exact) mass is 267 g/mol. The van der Waals surface area contributed by atoms with Crippen LogP contribution in [0.5, 0.6) is 0 Å². The molecule has 0 amide bonds. The van der Waals surface area contributed by atoms with Crippen molar-refractivity contribution in [3.63, 3.8) is 0 Å². The molecule has 100 valence electrons. The molecule has 1 aliphatic carbocycles. The molecule has 1 heterocycles. The van der Waals surface area contributed by atoms with Crippen molar-refractivity contribution in [3.05, 3.63) is 42.5 Å². The van der Waals surface area contributed by atoms with Gasteiger partial charge in [-0.25, -0.2) is 4.79 Å². The summed E-state index contributed by atoms with van der Waals surface area (Å²) in [5.74, 6) is 2.49. The fourth-order valence-corrected chi connectivity index (χ4v) is 1.95. The number of esters is 1. The number of aromatic nitrogens is 3. The normalized spacial score (nSPS) is 15.3. The molecular weight excluding hydrogens is 254 g/mol. The van der Waals surface area contributed by atoms with E-state index in [9.17, 15) is 4.79 Å². The van der Waals surface area contributed by atoms with Crippen LogP contribution in [-0.4, -0.2) is 26.8 Å². The quantitative estimate of drug-likeness (QED) is 0.626. The Balaban J connectivity index is 1.71. The Labute approximate surface area is 116 Å². The van der Waals surface area contributed by atoms with Crippen molar-refractivity contribution in [3.8, 4) is 18.0 Å². The molecule has 3 rings (SSSR count). The average Bonchev–Trinajstić information content (AvgIpc) is 3.18. The summed E-state index contributed by atoms with van der Waals surface area (Å²) in [7, 11) is 0. The van der Waals surface area contributed by atoms with Gasteiger partial charge in [-0.1, -0.05) is 5.92 Å². The van der Waals surface area contributed by atoms with Crippen molar-refractivity contribution in [2.24, 2.45) is 5.92 Å². The summed E-state index contributed by atoms with van der Waals surface area (Å²) in [6.45, 7) is 0. The van der Waals surface area contributed by atoms with Crippen molar-refractivity contribution >= 4 is 5.97 Å². The Kier molecular flexibility index (Phi) is 3.21. The van der Waals surface area contributed by atoms with E-state index >= 15 is 0 Å². The lowest BCUT2D eigenvalue weighted by Crippen LogP contribution is -2.18. The minimum absolute atomic E-state index is 0.334. The van der Waals surface area contributed by atoms with Crippen LogP contribution in [0.3, 0.4) is 0 Å². The van der Waals surface area contributed by atoms with E-state index in [1.54, 1.807) is 29.4 Å². The molecule has 0 N–H and O–H groups in total. The summed E-state index contributed by atoms with van der Waals surface area (Å²) >= 11 is 0. The Morgan fingerprint density at radius 1 is 1.30 bits per heavy atom. The number of rotatable bonds is 4. The van der Waals surface area contributed by atoms with Gasteiger partial charge in [0.2, 0.25) is 0 Å². The zero-order valence-electron chi connectivity index (χ0n) is 10.8. The number of ether oxygens (including phenoxy) is 1. The van der Waals surface area contributed by atoms with E-state index in [-0.39, 0.29) is 5.97 Å². The SMILES string of the molecule is C#C[C@H](OC(=O)c1ccc(-n2cnnc2)cc1)C1CC1. The molecule has 0 bridgehead atoms. The van der Waals surface area contributed by atoms with Crippen molar-refractivity contribution in [1.82, 2.24) is 14.8 Å². The van der Waals surface area contributed by atoms with E-state index in [1.165, 1.54) is 0 Å². The molecule has 5 heteroatoms. The van der Waals surface area contributed by atoms with Crippen LogP contribution in [0.15, 0.2) is 36.9 Å². The standard InChI is InChI=1S/C15H13N3O2/c1-2-14(11-3-4-11)20-15(19)12-5-7-13(8-6-12)18-9-16-17-10-18/h1,5-11,14H,3-4H2/t14-/m0/s1. The van der Waals surface area contributed by atoms with E-state index in [1.807, 2.05) is 12.1 Å². The fourth-order valence-electron chi connectivity index (χ4n) is 1.95. The lowest BCUT2D eigenvalue weighted by atomic mass is 10.2. The van der Waals surface area contributed by atoms with Gasteiger partial charge < -0.3 is 4.74 Å². The summed E-state index contributed by atoms with van der Waals surface area (Å²) < 4.78 is 7.09. The Morgan fingerprint density at radius 2 is 1.95 bits per heavy atom. The maximum Gasteiger partial charge on any atom is 0.339 e.